The van der Waals surface area contributed by atoms with Gasteiger partial charge in [0.25, 0.3) is 0 Å². The molecule has 0 aliphatic carbocycles. The Morgan fingerprint density at radius 1 is 1.11 bits per heavy atom. The molecular formula is C17H26O2. The summed E-state index contributed by atoms with van der Waals surface area (Å²) in [6.07, 6.45) is 0.785. The van der Waals surface area contributed by atoms with Crippen molar-refractivity contribution in [2.45, 2.75) is 47.0 Å². The molecule has 1 unspecified atom stereocenters. The first-order chi connectivity index (χ1) is 8.68. The topological polar surface area (TPSA) is 26.3 Å². The van der Waals surface area contributed by atoms with Crippen LogP contribution in [0.4, 0.5) is 0 Å². The summed E-state index contributed by atoms with van der Waals surface area (Å²) in [6.45, 7) is 10.6. The molecule has 0 aromatic heterocycles. The standard InChI is InChI=1S/C17H26O2/c1-16(2,3)14(13-10-8-7-9-11-13)12-17(4,5)15(18)19-6/h7-11,14H,12H2,1-6H3. The van der Waals surface area contributed by atoms with Gasteiger partial charge < -0.3 is 4.74 Å². The number of carbonyl (C=O) groups excluding carboxylic acids is 1. The fourth-order valence-electron chi connectivity index (χ4n) is 2.48. The molecule has 0 amide bonds. The molecule has 0 aliphatic rings. The normalized spacial score (nSPS) is 14.0. The van der Waals surface area contributed by atoms with Crippen LogP contribution in [0.25, 0.3) is 0 Å². The lowest BCUT2D eigenvalue weighted by Gasteiger charge is -2.36. The summed E-state index contributed by atoms with van der Waals surface area (Å²) in [7, 11) is 1.46. The van der Waals surface area contributed by atoms with Gasteiger partial charge in [-0.2, -0.15) is 0 Å². The quantitative estimate of drug-likeness (QED) is 0.751. The minimum absolute atomic E-state index is 0.104. The van der Waals surface area contributed by atoms with E-state index in [9.17, 15) is 4.79 Å². The molecule has 0 saturated carbocycles. The summed E-state index contributed by atoms with van der Waals surface area (Å²) in [6, 6.07) is 10.4. The van der Waals surface area contributed by atoms with Gasteiger partial charge in [0.1, 0.15) is 0 Å². The van der Waals surface area contributed by atoms with Gasteiger partial charge in [-0.15, -0.1) is 0 Å². The first-order valence-corrected chi connectivity index (χ1v) is 6.82. The van der Waals surface area contributed by atoms with Crippen LogP contribution in [0.3, 0.4) is 0 Å². The van der Waals surface area contributed by atoms with E-state index in [2.05, 4.69) is 45.0 Å². The summed E-state index contributed by atoms with van der Waals surface area (Å²) in [5.41, 5.74) is 0.918. The number of carbonyl (C=O) groups is 1. The van der Waals surface area contributed by atoms with Crippen molar-refractivity contribution in [3.63, 3.8) is 0 Å². The third-order valence-corrected chi connectivity index (χ3v) is 3.70. The van der Waals surface area contributed by atoms with Gasteiger partial charge in [-0.3, -0.25) is 4.79 Å². The molecule has 0 saturated heterocycles. The third kappa shape index (κ3) is 4.09. The minimum Gasteiger partial charge on any atom is -0.469 e. The van der Waals surface area contributed by atoms with Crippen LogP contribution in [0.5, 0.6) is 0 Å². The molecule has 2 nitrogen and oxygen atoms in total. The van der Waals surface area contributed by atoms with Gasteiger partial charge in [-0.05, 0) is 37.2 Å². The average Bonchev–Trinajstić information content (AvgIpc) is 2.34. The van der Waals surface area contributed by atoms with Crippen molar-refractivity contribution in [1.29, 1.82) is 0 Å². The molecule has 0 spiro atoms. The van der Waals surface area contributed by atoms with E-state index < -0.39 is 5.41 Å². The van der Waals surface area contributed by atoms with Crippen LogP contribution in [0.2, 0.25) is 0 Å². The van der Waals surface area contributed by atoms with Crippen LogP contribution in [0.1, 0.15) is 52.5 Å². The summed E-state index contributed by atoms with van der Waals surface area (Å²) >= 11 is 0. The fourth-order valence-corrected chi connectivity index (χ4v) is 2.48. The van der Waals surface area contributed by atoms with Crippen LogP contribution in [0, 0.1) is 10.8 Å². The second-order valence-electron chi connectivity index (χ2n) is 6.91. The van der Waals surface area contributed by atoms with E-state index in [4.69, 9.17) is 4.74 Å². The summed E-state index contributed by atoms with van der Waals surface area (Å²) in [5.74, 6) is 0.181. The smallest absolute Gasteiger partial charge is 0.311 e. The number of hydrogen-bond donors (Lipinski definition) is 0. The highest BCUT2D eigenvalue weighted by molar-refractivity contribution is 5.75. The monoisotopic (exact) mass is 262 g/mol. The Morgan fingerprint density at radius 3 is 2.05 bits per heavy atom. The van der Waals surface area contributed by atoms with E-state index >= 15 is 0 Å². The molecule has 0 N–H and O–H groups in total. The zero-order valence-electron chi connectivity index (χ0n) is 13.0. The summed E-state index contributed by atoms with van der Waals surface area (Å²) < 4.78 is 4.93. The SMILES string of the molecule is COC(=O)C(C)(C)CC(c1ccccc1)C(C)(C)C. The highest BCUT2D eigenvalue weighted by Crippen LogP contribution is 2.43. The van der Waals surface area contributed by atoms with Crippen molar-refractivity contribution in [1.82, 2.24) is 0 Å². The zero-order valence-corrected chi connectivity index (χ0v) is 13.0. The average molecular weight is 262 g/mol. The number of methoxy groups -OCH3 is 1. The van der Waals surface area contributed by atoms with Crippen molar-refractivity contribution in [2.24, 2.45) is 10.8 Å². The van der Waals surface area contributed by atoms with Crippen LogP contribution < -0.4 is 0 Å². The molecule has 1 aromatic carbocycles. The van der Waals surface area contributed by atoms with Gasteiger partial charge in [0.2, 0.25) is 0 Å². The van der Waals surface area contributed by atoms with E-state index in [0.29, 0.717) is 5.92 Å². The largest absolute Gasteiger partial charge is 0.469 e. The van der Waals surface area contributed by atoms with Crippen LogP contribution in [0.15, 0.2) is 30.3 Å². The molecule has 0 radical (unpaired) electrons. The Bertz CT molecular complexity index is 413. The molecule has 106 valence electrons. The number of rotatable bonds is 4. The van der Waals surface area contributed by atoms with Gasteiger partial charge in [0, 0.05) is 0 Å². The fraction of sp³-hybridized carbons (Fsp3) is 0.588. The Kier molecular flexibility index (Phi) is 4.78. The molecule has 0 heterocycles. The highest BCUT2D eigenvalue weighted by Gasteiger charge is 2.37. The number of benzene rings is 1. The van der Waals surface area contributed by atoms with Crippen molar-refractivity contribution >= 4 is 5.97 Å². The second-order valence-corrected chi connectivity index (χ2v) is 6.91. The zero-order chi connectivity index (χ0) is 14.7. The highest BCUT2D eigenvalue weighted by atomic mass is 16.5. The number of ether oxygens (including phenoxy) is 1. The van der Waals surface area contributed by atoms with E-state index in [0.717, 1.165) is 6.42 Å². The maximum absolute atomic E-state index is 11.9. The lowest BCUT2D eigenvalue weighted by molar-refractivity contribution is -0.151. The molecule has 1 rings (SSSR count). The summed E-state index contributed by atoms with van der Waals surface area (Å²) in [4.78, 5) is 11.9. The molecule has 0 aliphatic heterocycles. The van der Waals surface area contributed by atoms with Gasteiger partial charge >= 0.3 is 5.97 Å². The molecule has 1 atom stereocenters. The maximum Gasteiger partial charge on any atom is 0.311 e. The lowest BCUT2D eigenvalue weighted by Crippen LogP contribution is -2.31. The Hall–Kier alpha value is -1.31. The van der Waals surface area contributed by atoms with Crippen LogP contribution in [-0.2, 0) is 9.53 Å². The van der Waals surface area contributed by atoms with E-state index in [1.165, 1.54) is 12.7 Å². The van der Waals surface area contributed by atoms with Gasteiger partial charge in [-0.25, -0.2) is 0 Å². The molecular weight excluding hydrogens is 236 g/mol. The predicted octanol–water partition coefficient (Wildman–Crippen LogP) is 4.41. The van der Waals surface area contributed by atoms with E-state index in [-0.39, 0.29) is 11.4 Å². The second kappa shape index (κ2) is 5.77. The van der Waals surface area contributed by atoms with E-state index in [1.54, 1.807) is 0 Å². The van der Waals surface area contributed by atoms with Crippen LogP contribution in [-0.4, -0.2) is 13.1 Å². The van der Waals surface area contributed by atoms with Crippen LogP contribution >= 0.6 is 0 Å². The first kappa shape index (κ1) is 15.7. The Labute approximate surface area is 117 Å². The Balaban J connectivity index is 3.05. The maximum atomic E-state index is 11.9. The van der Waals surface area contributed by atoms with Gasteiger partial charge in [0.05, 0.1) is 12.5 Å². The number of esters is 1. The Morgan fingerprint density at radius 2 is 1.63 bits per heavy atom. The predicted molar refractivity (Wildman–Crippen MR) is 79.1 cm³/mol. The third-order valence-electron chi connectivity index (χ3n) is 3.70. The molecule has 1 aromatic rings. The van der Waals surface area contributed by atoms with Crippen molar-refractivity contribution < 1.29 is 9.53 Å². The molecule has 0 fully saturated rings. The number of hydrogen-bond acceptors (Lipinski definition) is 2. The first-order valence-electron chi connectivity index (χ1n) is 6.82. The lowest BCUT2D eigenvalue weighted by atomic mass is 9.68. The molecule has 2 heteroatoms. The minimum atomic E-state index is -0.470. The van der Waals surface area contributed by atoms with Crippen molar-refractivity contribution in [3.8, 4) is 0 Å². The van der Waals surface area contributed by atoms with Crippen molar-refractivity contribution in [3.05, 3.63) is 35.9 Å². The van der Waals surface area contributed by atoms with Gasteiger partial charge in [0.15, 0.2) is 0 Å². The molecule has 19 heavy (non-hydrogen) atoms. The van der Waals surface area contributed by atoms with Crippen molar-refractivity contribution in [2.75, 3.05) is 7.11 Å². The molecule has 0 bridgehead atoms. The summed E-state index contributed by atoms with van der Waals surface area (Å²) in [5, 5.41) is 0. The van der Waals surface area contributed by atoms with Gasteiger partial charge in [-0.1, -0.05) is 51.1 Å². The van der Waals surface area contributed by atoms with E-state index in [1.807, 2.05) is 19.9 Å².